The Labute approximate surface area is 143 Å². The number of amides is 1. The van der Waals surface area contributed by atoms with Crippen molar-refractivity contribution in [3.8, 4) is 5.88 Å². The van der Waals surface area contributed by atoms with Crippen molar-refractivity contribution < 1.29 is 43.0 Å². The predicted octanol–water partition coefficient (Wildman–Crippen LogP) is 0.226. The molecule has 140 valence electrons. The molecule has 0 aliphatic carbocycles. The molecule has 1 atom stereocenters. The van der Waals surface area contributed by atoms with Crippen LogP contribution in [0.15, 0.2) is 10.6 Å². The second kappa shape index (κ2) is 10.1. The van der Waals surface area contributed by atoms with Crippen LogP contribution >= 0.6 is 0 Å². The van der Waals surface area contributed by atoms with Crippen molar-refractivity contribution in [2.24, 2.45) is 0 Å². The van der Waals surface area contributed by atoms with Crippen LogP contribution in [0.2, 0.25) is 0 Å². The van der Waals surface area contributed by atoms with Crippen molar-refractivity contribution in [1.29, 1.82) is 0 Å². The number of ether oxygens (including phenoxy) is 4. The predicted molar refractivity (Wildman–Crippen MR) is 79.7 cm³/mol. The van der Waals surface area contributed by atoms with E-state index in [1.54, 1.807) is 13.8 Å². The summed E-state index contributed by atoms with van der Waals surface area (Å²) >= 11 is 0. The number of esters is 1. The SMILES string of the molecule is COc1cc(C(=O)NCCC(O)C(=O)OCOC(=O)OC(C)C)on1. The maximum atomic E-state index is 11.7. The van der Waals surface area contributed by atoms with E-state index in [0.717, 1.165) is 0 Å². The molecule has 1 rings (SSSR count). The molecule has 0 fully saturated rings. The highest BCUT2D eigenvalue weighted by molar-refractivity contribution is 5.91. The molecule has 1 unspecified atom stereocenters. The summed E-state index contributed by atoms with van der Waals surface area (Å²) in [6.07, 6.45) is -2.99. The fourth-order valence-corrected chi connectivity index (χ4v) is 1.45. The molecule has 0 bridgehead atoms. The molecule has 0 aromatic carbocycles. The van der Waals surface area contributed by atoms with E-state index < -0.39 is 30.9 Å². The van der Waals surface area contributed by atoms with Crippen molar-refractivity contribution in [3.05, 3.63) is 11.8 Å². The molecule has 0 radical (unpaired) electrons. The number of nitrogens with zero attached hydrogens (tertiary/aromatic N) is 1. The zero-order valence-electron chi connectivity index (χ0n) is 14.0. The van der Waals surface area contributed by atoms with E-state index in [0.29, 0.717) is 0 Å². The summed E-state index contributed by atoms with van der Waals surface area (Å²) in [5.41, 5.74) is 0. The van der Waals surface area contributed by atoms with Crippen molar-refractivity contribution in [1.82, 2.24) is 10.5 Å². The van der Waals surface area contributed by atoms with Gasteiger partial charge in [-0.3, -0.25) is 4.79 Å². The van der Waals surface area contributed by atoms with Crippen LogP contribution in [0.25, 0.3) is 0 Å². The molecule has 0 aliphatic rings. The van der Waals surface area contributed by atoms with Crippen LogP contribution in [0, 0.1) is 0 Å². The number of carbonyl (C=O) groups is 3. The fourth-order valence-electron chi connectivity index (χ4n) is 1.45. The number of aromatic nitrogens is 1. The van der Waals surface area contributed by atoms with Gasteiger partial charge in [0.1, 0.15) is 0 Å². The standard InChI is InChI=1S/C14H20N2O9/c1-8(2)24-14(20)23-7-22-13(19)9(17)4-5-15-12(18)10-6-11(21-3)16-25-10/h6,8-9,17H,4-5,7H2,1-3H3,(H,15,18). The number of carbonyl (C=O) groups excluding carboxylic acids is 3. The average molecular weight is 360 g/mol. The highest BCUT2D eigenvalue weighted by atomic mass is 16.8. The maximum Gasteiger partial charge on any atom is 0.511 e. The van der Waals surface area contributed by atoms with E-state index in [9.17, 15) is 19.5 Å². The summed E-state index contributed by atoms with van der Waals surface area (Å²) in [4.78, 5) is 34.2. The minimum absolute atomic E-state index is 0.0334. The molecule has 11 heteroatoms. The van der Waals surface area contributed by atoms with Gasteiger partial charge in [0, 0.05) is 13.0 Å². The van der Waals surface area contributed by atoms with Gasteiger partial charge in [-0.25, -0.2) is 9.59 Å². The number of aliphatic hydroxyl groups is 1. The third-order valence-corrected chi connectivity index (χ3v) is 2.61. The summed E-state index contributed by atoms with van der Waals surface area (Å²) in [5.74, 6) is -1.53. The number of methoxy groups -OCH3 is 1. The number of nitrogens with one attached hydrogen (secondary N) is 1. The Hall–Kier alpha value is -2.82. The Balaban J connectivity index is 2.22. The van der Waals surface area contributed by atoms with Crippen molar-refractivity contribution >= 4 is 18.0 Å². The number of rotatable bonds is 9. The first-order chi connectivity index (χ1) is 11.8. The number of hydrogen-bond acceptors (Lipinski definition) is 10. The van der Waals surface area contributed by atoms with Gasteiger partial charge in [-0.15, -0.1) is 0 Å². The largest absolute Gasteiger partial charge is 0.511 e. The summed E-state index contributed by atoms with van der Waals surface area (Å²) in [5, 5.41) is 15.5. The van der Waals surface area contributed by atoms with E-state index in [4.69, 9.17) is 9.26 Å². The Morgan fingerprint density at radius 1 is 1.32 bits per heavy atom. The van der Waals surface area contributed by atoms with E-state index in [1.807, 2.05) is 0 Å². The minimum Gasteiger partial charge on any atom is -0.479 e. The van der Waals surface area contributed by atoms with E-state index in [1.165, 1.54) is 13.2 Å². The topological polar surface area (TPSA) is 146 Å². The van der Waals surface area contributed by atoms with Crippen LogP contribution in [0.4, 0.5) is 4.79 Å². The van der Waals surface area contributed by atoms with Gasteiger partial charge in [-0.1, -0.05) is 0 Å². The van der Waals surface area contributed by atoms with Crippen LogP contribution in [0.5, 0.6) is 5.88 Å². The molecule has 2 N–H and O–H groups in total. The molecule has 0 saturated carbocycles. The van der Waals surface area contributed by atoms with Gasteiger partial charge in [0.15, 0.2) is 6.10 Å². The van der Waals surface area contributed by atoms with Gasteiger partial charge in [0.05, 0.1) is 19.3 Å². The van der Waals surface area contributed by atoms with Crippen LogP contribution in [-0.2, 0) is 19.0 Å². The van der Waals surface area contributed by atoms with Crippen LogP contribution in [0.3, 0.4) is 0 Å². The summed E-state index contributed by atoms with van der Waals surface area (Å²) in [6, 6.07) is 1.29. The normalized spacial score (nSPS) is 11.6. The maximum absolute atomic E-state index is 11.7. The van der Waals surface area contributed by atoms with E-state index in [2.05, 4.69) is 24.7 Å². The molecule has 0 aliphatic heterocycles. The first kappa shape index (κ1) is 20.2. The van der Waals surface area contributed by atoms with Gasteiger partial charge in [0.2, 0.25) is 12.6 Å². The molecule has 25 heavy (non-hydrogen) atoms. The van der Waals surface area contributed by atoms with Crippen LogP contribution in [0.1, 0.15) is 30.8 Å². The first-order valence-electron chi connectivity index (χ1n) is 7.30. The molecule has 1 aromatic rings. The molecule has 11 nitrogen and oxygen atoms in total. The van der Waals surface area contributed by atoms with E-state index in [-0.39, 0.29) is 30.7 Å². The van der Waals surface area contributed by atoms with Crippen molar-refractivity contribution in [2.45, 2.75) is 32.5 Å². The molecule has 1 amide bonds. The Bertz CT molecular complexity index is 585. The van der Waals surface area contributed by atoms with Crippen LogP contribution < -0.4 is 10.1 Å². The first-order valence-corrected chi connectivity index (χ1v) is 7.30. The average Bonchev–Trinajstić information content (AvgIpc) is 3.02. The summed E-state index contributed by atoms with van der Waals surface area (Å²) in [6.45, 7) is 2.53. The fraction of sp³-hybridized carbons (Fsp3) is 0.571. The monoisotopic (exact) mass is 360 g/mol. The zero-order valence-corrected chi connectivity index (χ0v) is 14.0. The zero-order chi connectivity index (χ0) is 18.8. The van der Waals surface area contributed by atoms with Crippen molar-refractivity contribution in [3.63, 3.8) is 0 Å². The highest BCUT2D eigenvalue weighted by Crippen LogP contribution is 2.10. The van der Waals surface area contributed by atoms with Gasteiger partial charge in [0.25, 0.3) is 11.8 Å². The Morgan fingerprint density at radius 2 is 2.04 bits per heavy atom. The minimum atomic E-state index is -1.51. The van der Waals surface area contributed by atoms with Gasteiger partial charge in [-0.2, -0.15) is 0 Å². The lowest BCUT2D eigenvalue weighted by molar-refractivity contribution is -0.163. The van der Waals surface area contributed by atoms with E-state index >= 15 is 0 Å². The van der Waals surface area contributed by atoms with Crippen LogP contribution in [-0.4, -0.2) is 61.0 Å². The molecule has 0 spiro atoms. The molecule has 1 aromatic heterocycles. The number of aliphatic hydroxyl groups excluding tert-OH is 1. The second-order valence-corrected chi connectivity index (χ2v) is 4.94. The third kappa shape index (κ3) is 7.52. The third-order valence-electron chi connectivity index (χ3n) is 2.61. The lowest BCUT2D eigenvalue weighted by atomic mass is 10.2. The van der Waals surface area contributed by atoms with Gasteiger partial charge < -0.3 is 33.9 Å². The summed E-state index contributed by atoms with van der Waals surface area (Å²) < 4.78 is 23.2. The lowest BCUT2D eigenvalue weighted by Crippen LogP contribution is -2.31. The van der Waals surface area contributed by atoms with Gasteiger partial charge in [-0.05, 0) is 19.0 Å². The number of hydrogen-bond donors (Lipinski definition) is 2. The highest BCUT2D eigenvalue weighted by Gasteiger charge is 2.19. The Kier molecular flexibility index (Phi) is 8.19. The van der Waals surface area contributed by atoms with Gasteiger partial charge >= 0.3 is 12.1 Å². The summed E-state index contributed by atoms with van der Waals surface area (Å²) in [7, 11) is 1.37. The molecular formula is C14H20N2O9. The Morgan fingerprint density at radius 3 is 2.64 bits per heavy atom. The quantitative estimate of drug-likeness (QED) is 0.463. The van der Waals surface area contributed by atoms with Crippen molar-refractivity contribution in [2.75, 3.05) is 20.4 Å². The molecule has 1 heterocycles. The second-order valence-electron chi connectivity index (χ2n) is 4.94. The lowest BCUT2D eigenvalue weighted by Gasteiger charge is -2.12. The molecule has 0 saturated heterocycles. The molecular weight excluding hydrogens is 340 g/mol. The smallest absolute Gasteiger partial charge is 0.479 e.